The summed E-state index contributed by atoms with van der Waals surface area (Å²) in [5.74, 6) is -0.388. The summed E-state index contributed by atoms with van der Waals surface area (Å²) in [4.78, 5) is 11.9. The number of carbonyl (C=O) groups is 1. The number of allylic oxidation sites excluding steroid dienone is 2. The van der Waals surface area contributed by atoms with Crippen LogP contribution >= 0.6 is 23.2 Å². The van der Waals surface area contributed by atoms with Gasteiger partial charge in [-0.25, -0.2) is 4.79 Å². The van der Waals surface area contributed by atoms with Crippen LogP contribution in [0.4, 0.5) is 0 Å². The Kier molecular flexibility index (Phi) is 4.92. The van der Waals surface area contributed by atoms with Gasteiger partial charge in [-0.2, -0.15) is 0 Å². The molecule has 2 aromatic carbocycles. The summed E-state index contributed by atoms with van der Waals surface area (Å²) < 4.78 is 4.83. The minimum Gasteiger partial charge on any atom is -0.465 e. The average Bonchev–Trinajstić information content (AvgIpc) is 2.59. The predicted molar refractivity (Wildman–Crippen MR) is 97.5 cm³/mol. The number of rotatable bonds is 2. The van der Waals surface area contributed by atoms with E-state index >= 15 is 0 Å². The second-order valence-corrected chi connectivity index (χ2v) is 6.10. The number of fused-ring (bicyclic) bond motifs is 1. The first-order valence-corrected chi connectivity index (χ1v) is 8.14. The zero-order valence-corrected chi connectivity index (χ0v) is 14.5. The summed E-state index contributed by atoms with van der Waals surface area (Å²) in [6, 6.07) is 13.0. The maximum Gasteiger partial charge on any atom is 0.337 e. The largest absolute Gasteiger partial charge is 0.465 e. The molecule has 0 unspecified atom stereocenters. The summed E-state index contributed by atoms with van der Waals surface area (Å²) >= 11 is 12.9. The van der Waals surface area contributed by atoms with Crippen LogP contribution in [0.25, 0.3) is 5.57 Å². The smallest absolute Gasteiger partial charge is 0.337 e. The van der Waals surface area contributed by atoms with Crippen LogP contribution in [0.3, 0.4) is 0 Å². The van der Waals surface area contributed by atoms with Crippen molar-refractivity contribution in [3.8, 4) is 0 Å². The van der Waals surface area contributed by atoms with Gasteiger partial charge in [0.1, 0.15) is 0 Å². The third-order valence-electron chi connectivity index (χ3n) is 3.83. The molecule has 1 aliphatic rings. The number of esters is 1. The Labute approximate surface area is 150 Å². The lowest BCUT2D eigenvalue weighted by Gasteiger charge is -2.17. The van der Waals surface area contributed by atoms with Crippen LogP contribution in [-0.2, 0) is 11.2 Å². The topological polar surface area (TPSA) is 26.3 Å². The summed E-state index contributed by atoms with van der Waals surface area (Å²) in [6.07, 6.45) is 4.31. The minimum atomic E-state index is -0.388. The number of ether oxygens (including phenoxy) is 1. The second kappa shape index (κ2) is 7.11. The highest BCUT2D eigenvalue weighted by Crippen LogP contribution is 2.36. The molecule has 3 rings (SSSR count). The van der Waals surface area contributed by atoms with E-state index in [1.54, 1.807) is 18.2 Å². The van der Waals surface area contributed by atoms with Gasteiger partial charge < -0.3 is 4.74 Å². The van der Waals surface area contributed by atoms with E-state index in [0.717, 1.165) is 22.3 Å². The molecule has 24 heavy (non-hydrogen) atoms. The van der Waals surface area contributed by atoms with E-state index in [-0.39, 0.29) is 5.97 Å². The van der Waals surface area contributed by atoms with Crippen molar-refractivity contribution in [2.75, 3.05) is 7.11 Å². The minimum absolute atomic E-state index is 0.388. The first-order valence-electron chi connectivity index (χ1n) is 7.39. The van der Waals surface area contributed by atoms with Crippen LogP contribution in [0.5, 0.6) is 0 Å². The standard InChI is InChI=1S/C20H14Cl2O2/c1-24-20(23)14-11-10-13-6-2-4-9-18(22)19(16(13)12-14)15-7-3-5-8-17(15)21/h2-3,5,7-12H,6H2,1H3/b19-18+. The summed E-state index contributed by atoms with van der Waals surface area (Å²) in [7, 11) is 1.36. The molecule has 0 radical (unpaired) electrons. The van der Waals surface area contributed by atoms with Gasteiger partial charge in [-0.05, 0) is 47.9 Å². The second-order valence-electron chi connectivity index (χ2n) is 5.29. The van der Waals surface area contributed by atoms with Gasteiger partial charge in [0.25, 0.3) is 0 Å². The van der Waals surface area contributed by atoms with Crippen molar-refractivity contribution in [2.24, 2.45) is 0 Å². The molecule has 120 valence electrons. The van der Waals surface area contributed by atoms with Crippen molar-refractivity contribution in [2.45, 2.75) is 6.42 Å². The van der Waals surface area contributed by atoms with Crippen molar-refractivity contribution < 1.29 is 9.53 Å². The van der Waals surface area contributed by atoms with Crippen molar-refractivity contribution in [1.29, 1.82) is 0 Å². The Morgan fingerprint density at radius 3 is 2.67 bits per heavy atom. The van der Waals surface area contributed by atoms with Crippen LogP contribution in [-0.4, -0.2) is 13.1 Å². The van der Waals surface area contributed by atoms with Gasteiger partial charge in [0.05, 0.1) is 17.7 Å². The maximum atomic E-state index is 11.9. The summed E-state index contributed by atoms with van der Waals surface area (Å²) in [5.41, 5.74) is 7.04. The molecule has 1 aliphatic carbocycles. The molecule has 0 saturated carbocycles. The molecule has 0 saturated heterocycles. The van der Waals surface area contributed by atoms with Gasteiger partial charge in [0.15, 0.2) is 0 Å². The van der Waals surface area contributed by atoms with Crippen LogP contribution in [0.15, 0.2) is 65.4 Å². The molecule has 0 amide bonds. The van der Waals surface area contributed by atoms with E-state index in [2.05, 4.69) is 5.73 Å². The maximum absolute atomic E-state index is 11.9. The molecular weight excluding hydrogens is 343 g/mol. The van der Waals surface area contributed by atoms with E-state index in [9.17, 15) is 4.79 Å². The van der Waals surface area contributed by atoms with Crippen molar-refractivity contribution in [3.63, 3.8) is 0 Å². The van der Waals surface area contributed by atoms with Crippen molar-refractivity contribution >= 4 is 34.7 Å². The molecule has 0 N–H and O–H groups in total. The lowest BCUT2D eigenvalue weighted by molar-refractivity contribution is 0.0600. The Balaban J connectivity index is 2.30. The first-order chi connectivity index (χ1) is 11.6. The Hall–Kier alpha value is -2.25. The van der Waals surface area contributed by atoms with Crippen molar-refractivity contribution in [3.05, 3.63) is 92.7 Å². The number of benzene rings is 2. The Morgan fingerprint density at radius 1 is 1.12 bits per heavy atom. The predicted octanol–water partition coefficient (Wildman–Crippen LogP) is 5.39. The highest BCUT2D eigenvalue weighted by molar-refractivity contribution is 6.37. The van der Waals surface area contributed by atoms with E-state index in [0.29, 0.717) is 22.0 Å². The van der Waals surface area contributed by atoms with Gasteiger partial charge in [-0.1, -0.05) is 47.5 Å². The summed E-state index contributed by atoms with van der Waals surface area (Å²) in [5, 5.41) is 1.11. The zero-order chi connectivity index (χ0) is 17.1. The van der Waals surface area contributed by atoms with Gasteiger partial charge in [-0.15, -0.1) is 5.73 Å². The molecule has 0 spiro atoms. The average molecular weight is 357 g/mol. The molecule has 0 aliphatic heterocycles. The molecule has 2 aromatic rings. The molecule has 0 bridgehead atoms. The highest BCUT2D eigenvalue weighted by Gasteiger charge is 2.18. The van der Waals surface area contributed by atoms with E-state index in [4.69, 9.17) is 27.9 Å². The van der Waals surface area contributed by atoms with Gasteiger partial charge >= 0.3 is 5.97 Å². The Morgan fingerprint density at radius 2 is 1.92 bits per heavy atom. The molecule has 0 fully saturated rings. The van der Waals surface area contributed by atoms with Crippen LogP contribution in [0, 0.1) is 0 Å². The Bertz CT molecular complexity index is 904. The lowest BCUT2D eigenvalue weighted by Crippen LogP contribution is -2.05. The third kappa shape index (κ3) is 3.18. The fourth-order valence-corrected chi connectivity index (χ4v) is 3.17. The first kappa shape index (κ1) is 16.6. The van der Waals surface area contributed by atoms with E-state index < -0.39 is 0 Å². The lowest BCUT2D eigenvalue weighted by atomic mass is 9.89. The zero-order valence-electron chi connectivity index (χ0n) is 13.0. The van der Waals surface area contributed by atoms with Crippen LogP contribution < -0.4 is 0 Å². The van der Waals surface area contributed by atoms with Gasteiger partial charge in [0, 0.05) is 16.2 Å². The quantitative estimate of drug-likeness (QED) is 0.532. The summed E-state index contributed by atoms with van der Waals surface area (Å²) in [6.45, 7) is 0. The third-order valence-corrected chi connectivity index (χ3v) is 4.46. The van der Waals surface area contributed by atoms with Crippen LogP contribution in [0.1, 0.15) is 27.0 Å². The van der Waals surface area contributed by atoms with Crippen molar-refractivity contribution in [1.82, 2.24) is 0 Å². The molecule has 0 heterocycles. The molecule has 0 aromatic heterocycles. The van der Waals surface area contributed by atoms with E-state index in [1.807, 2.05) is 36.4 Å². The number of carbonyl (C=O) groups excluding carboxylic acids is 1. The van der Waals surface area contributed by atoms with Crippen LogP contribution in [0.2, 0.25) is 5.02 Å². The number of hydrogen-bond acceptors (Lipinski definition) is 2. The van der Waals surface area contributed by atoms with Gasteiger partial charge in [-0.3, -0.25) is 0 Å². The van der Waals surface area contributed by atoms with E-state index in [1.165, 1.54) is 7.11 Å². The monoisotopic (exact) mass is 356 g/mol. The molecular formula is C20H14Cl2O2. The molecule has 4 heteroatoms. The number of hydrogen-bond donors (Lipinski definition) is 0. The molecule has 0 atom stereocenters. The fourth-order valence-electron chi connectivity index (χ4n) is 2.67. The fraction of sp³-hybridized carbons (Fsp3) is 0.100. The number of halogens is 2. The highest BCUT2D eigenvalue weighted by atomic mass is 35.5. The number of methoxy groups -OCH3 is 1. The molecule has 2 nitrogen and oxygen atoms in total. The van der Waals surface area contributed by atoms with Gasteiger partial charge in [0.2, 0.25) is 0 Å². The normalized spacial score (nSPS) is 16.3. The SMILES string of the molecule is COC(=O)c1ccc2c(c1)/C(c1ccccc1Cl)=C(/Cl)C=C=CC2.